The van der Waals surface area contributed by atoms with Gasteiger partial charge in [-0.05, 0) is 51.3 Å². The highest BCUT2D eigenvalue weighted by Crippen LogP contribution is 2.40. The number of ether oxygens (including phenoxy) is 3. The first-order valence-corrected chi connectivity index (χ1v) is 14.4. The quantitative estimate of drug-likeness (QED) is 0.499. The average Bonchev–Trinajstić information content (AvgIpc) is 3.20. The predicted octanol–water partition coefficient (Wildman–Crippen LogP) is 4.61. The van der Waals surface area contributed by atoms with Gasteiger partial charge in [0.2, 0.25) is 0 Å². The highest BCUT2D eigenvalue weighted by Gasteiger charge is 2.43. The van der Waals surface area contributed by atoms with E-state index in [0.717, 1.165) is 49.5 Å². The summed E-state index contributed by atoms with van der Waals surface area (Å²) in [5.74, 6) is 0.883. The molecule has 40 heavy (non-hydrogen) atoms. The van der Waals surface area contributed by atoms with E-state index in [4.69, 9.17) is 14.2 Å². The summed E-state index contributed by atoms with van der Waals surface area (Å²) in [7, 11) is 0. The van der Waals surface area contributed by atoms with Crippen LogP contribution >= 0.6 is 0 Å². The molecule has 3 heterocycles. The summed E-state index contributed by atoms with van der Waals surface area (Å²) < 4.78 is 17.4. The largest absolute Gasteiger partial charge is 0.490 e. The van der Waals surface area contributed by atoms with E-state index in [2.05, 4.69) is 21.9 Å². The number of hydrogen-bond acceptors (Lipinski definition) is 7. The smallest absolute Gasteiger partial charge is 0.410 e. The van der Waals surface area contributed by atoms with E-state index in [-0.39, 0.29) is 24.3 Å². The van der Waals surface area contributed by atoms with Gasteiger partial charge in [-0.3, -0.25) is 4.90 Å². The Labute approximate surface area is 237 Å². The predicted molar refractivity (Wildman–Crippen MR) is 154 cm³/mol. The Hall–Kier alpha value is -3.46. The van der Waals surface area contributed by atoms with Crippen LogP contribution < -0.4 is 9.64 Å². The van der Waals surface area contributed by atoms with Crippen molar-refractivity contribution in [2.24, 2.45) is 0 Å². The van der Waals surface area contributed by atoms with Crippen LogP contribution in [-0.2, 0) is 16.1 Å². The zero-order valence-corrected chi connectivity index (χ0v) is 24.0. The SMILES string of the molecule is CC(C)(C)OC(=O)N1CC2CCC(C1)N2c1ccccc1OCCN1CCN(C(=O)OCc2ccccc2)CC1. The van der Waals surface area contributed by atoms with Crippen molar-refractivity contribution >= 4 is 17.9 Å². The van der Waals surface area contributed by atoms with Crippen LogP contribution in [0.3, 0.4) is 0 Å². The Kier molecular flexibility index (Phi) is 8.69. The Morgan fingerprint density at radius 3 is 2.15 bits per heavy atom. The molecular formula is C31H42N4O5. The van der Waals surface area contributed by atoms with Gasteiger partial charge in [0.05, 0.1) is 5.69 Å². The molecule has 2 unspecified atom stereocenters. The molecule has 0 aliphatic carbocycles. The minimum atomic E-state index is -0.494. The number of likely N-dealkylation sites (tertiary alicyclic amines) is 1. The molecule has 9 heteroatoms. The number of hydrogen-bond donors (Lipinski definition) is 0. The van der Waals surface area contributed by atoms with Crippen LogP contribution in [0, 0.1) is 0 Å². The Morgan fingerprint density at radius 1 is 0.825 bits per heavy atom. The molecule has 2 aromatic carbocycles. The zero-order chi connectivity index (χ0) is 28.1. The summed E-state index contributed by atoms with van der Waals surface area (Å²) in [4.78, 5) is 33.6. The molecule has 0 N–H and O–H groups in total. The van der Waals surface area contributed by atoms with Gasteiger partial charge in [-0.1, -0.05) is 42.5 Å². The van der Waals surface area contributed by atoms with Crippen molar-refractivity contribution in [3.8, 4) is 5.75 Å². The van der Waals surface area contributed by atoms with Gasteiger partial charge in [0.1, 0.15) is 24.6 Å². The highest BCUT2D eigenvalue weighted by atomic mass is 16.6. The van der Waals surface area contributed by atoms with E-state index in [9.17, 15) is 9.59 Å². The molecule has 0 aromatic heterocycles. The number of anilines is 1. The first-order valence-electron chi connectivity index (χ1n) is 14.4. The van der Waals surface area contributed by atoms with Gasteiger partial charge in [-0.15, -0.1) is 0 Å². The molecule has 2 atom stereocenters. The second kappa shape index (κ2) is 12.4. The van der Waals surface area contributed by atoms with Gasteiger partial charge in [0.25, 0.3) is 0 Å². The van der Waals surface area contributed by atoms with Crippen molar-refractivity contribution in [1.82, 2.24) is 14.7 Å². The average molecular weight is 551 g/mol. The molecule has 3 aliphatic rings. The number of carbonyl (C=O) groups is 2. The number of rotatable bonds is 7. The fourth-order valence-electron chi connectivity index (χ4n) is 5.81. The maximum atomic E-state index is 12.7. The van der Waals surface area contributed by atoms with E-state index in [0.29, 0.717) is 39.4 Å². The van der Waals surface area contributed by atoms with E-state index >= 15 is 0 Å². The van der Waals surface area contributed by atoms with Gasteiger partial charge in [0, 0.05) is 57.9 Å². The number of amides is 2. The monoisotopic (exact) mass is 550 g/mol. The van der Waals surface area contributed by atoms with Crippen LogP contribution in [0.1, 0.15) is 39.2 Å². The van der Waals surface area contributed by atoms with Crippen LogP contribution in [0.25, 0.3) is 0 Å². The van der Waals surface area contributed by atoms with E-state index in [1.807, 2.05) is 68.1 Å². The number of piperazine rings is 2. The summed E-state index contributed by atoms with van der Waals surface area (Å²) in [6, 6.07) is 18.5. The van der Waals surface area contributed by atoms with Crippen LogP contribution in [0.2, 0.25) is 0 Å². The molecule has 5 rings (SSSR count). The lowest BCUT2D eigenvalue weighted by Crippen LogP contribution is -2.56. The fourth-order valence-corrected chi connectivity index (χ4v) is 5.81. The third-order valence-corrected chi connectivity index (χ3v) is 7.78. The molecule has 3 saturated heterocycles. The second-order valence-corrected chi connectivity index (χ2v) is 11.9. The maximum Gasteiger partial charge on any atom is 0.410 e. The minimum Gasteiger partial charge on any atom is -0.490 e. The normalized spacial score (nSPS) is 21.3. The number of benzene rings is 2. The van der Waals surface area contributed by atoms with Gasteiger partial charge in [-0.2, -0.15) is 0 Å². The minimum absolute atomic E-state index is 0.224. The van der Waals surface area contributed by atoms with E-state index in [1.165, 1.54) is 0 Å². The van der Waals surface area contributed by atoms with Crippen molar-refractivity contribution < 1.29 is 23.8 Å². The molecular weight excluding hydrogens is 508 g/mol. The van der Waals surface area contributed by atoms with E-state index in [1.54, 1.807) is 4.90 Å². The third kappa shape index (κ3) is 6.99. The molecule has 0 saturated carbocycles. The molecule has 3 aliphatic heterocycles. The Morgan fingerprint density at radius 2 is 1.48 bits per heavy atom. The van der Waals surface area contributed by atoms with Crippen molar-refractivity contribution in [2.45, 2.75) is 57.9 Å². The lowest BCUT2D eigenvalue weighted by molar-refractivity contribution is 0.0209. The summed E-state index contributed by atoms with van der Waals surface area (Å²) in [6.45, 7) is 11.6. The van der Waals surface area contributed by atoms with Crippen LogP contribution in [0.15, 0.2) is 54.6 Å². The van der Waals surface area contributed by atoms with Crippen molar-refractivity contribution in [1.29, 1.82) is 0 Å². The Balaban J connectivity index is 1.08. The molecule has 0 spiro atoms. The van der Waals surface area contributed by atoms with Crippen LogP contribution in [0.5, 0.6) is 5.75 Å². The summed E-state index contributed by atoms with van der Waals surface area (Å²) in [5, 5.41) is 0. The number of para-hydroxylation sites is 2. The summed E-state index contributed by atoms with van der Waals surface area (Å²) in [5.41, 5.74) is 1.60. The number of carbonyl (C=O) groups excluding carboxylic acids is 2. The molecule has 2 amide bonds. The highest BCUT2D eigenvalue weighted by molar-refractivity contribution is 5.70. The first kappa shape index (κ1) is 28.1. The molecule has 2 bridgehead atoms. The summed E-state index contributed by atoms with van der Waals surface area (Å²) in [6.07, 6.45) is 1.63. The topological polar surface area (TPSA) is 74.8 Å². The van der Waals surface area contributed by atoms with Crippen molar-refractivity contribution in [3.63, 3.8) is 0 Å². The molecule has 216 valence electrons. The molecule has 3 fully saturated rings. The first-order chi connectivity index (χ1) is 19.3. The third-order valence-electron chi connectivity index (χ3n) is 7.78. The lowest BCUT2D eigenvalue weighted by Gasteiger charge is -2.43. The van der Waals surface area contributed by atoms with Crippen LogP contribution in [0.4, 0.5) is 15.3 Å². The zero-order valence-electron chi connectivity index (χ0n) is 24.0. The van der Waals surface area contributed by atoms with Gasteiger partial charge in [-0.25, -0.2) is 9.59 Å². The number of nitrogens with zero attached hydrogens (tertiary/aromatic N) is 4. The molecule has 9 nitrogen and oxygen atoms in total. The molecule has 0 radical (unpaired) electrons. The second-order valence-electron chi connectivity index (χ2n) is 11.9. The van der Waals surface area contributed by atoms with Gasteiger partial charge >= 0.3 is 12.2 Å². The van der Waals surface area contributed by atoms with Crippen LogP contribution in [-0.4, -0.2) is 97.0 Å². The number of fused-ring (bicyclic) bond motifs is 2. The van der Waals surface area contributed by atoms with Crippen molar-refractivity contribution in [2.75, 3.05) is 57.3 Å². The van der Waals surface area contributed by atoms with Crippen molar-refractivity contribution in [3.05, 3.63) is 60.2 Å². The summed E-state index contributed by atoms with van der Waals surface area (Å²) >= 11 is 0. The van der Waals surface area contributed by atoms with Gasteiger partial charge < -0.3 is 28.9 Å². The Bertz CT molecular complexity index is 1130. The maximum absolute atomic E-state index is 12.7. The standard InChI is InChI=1S/C31H42N4O5/c1-31(2,3)40-30(37)34-21-25-13-14-26(22-34)35(25)27-11-7-8-12-28(27)38-20-19-32-15-17-33(18-16-32)29(36)39-23-24-9-5-4-6-10-24/h4-12,25-26H,13-23H2,1-3H3. The fraction of sp³-hybridized carbons (Fsp3) is 0.548. The molecule has 2 aromatic rings. The lowest BCUT2D eigenvalue weighted by atomic mass is 10.1. The van der Waals surface area contributed by atoms with Gasteiger partial charge in [0.15, 0.2) is 0 Å². The van der Waals surface area contributed by atoms with E-state index < -0.39 is 5.60 Å².